The van der Waals surface area contributed by atoms with Gasteiger partial charge in [0.05, 0.1) is 22.9 Å². The monoisotopic (exact) mass is 698 g/mol. The zero-order valence-electron chi connectivity index (χ0n) is 32.0. The van der Waals surface area contributed by atoms with Crippen molar-refractivity contribution >= 4 is 26.5 Å². The van der Waals surface area contributed by atoms with Crippen LogP contribution in [0.15, 0.2) is 58.5 Å². The molecule has 1 aromatic rings. The predicted molar refractivity (Wildman–Crippen MR) is 202 cm³/mol. The molecule has 0 bridgehead atoms. The van der Waals surface area contributed by atoms with Gasteiger partial charge in [-0.1, -0.05) is 104 Å². The first-order valence-electron chi connectivity index (χ1n) is 18.5. The summed E-state index contributed by atoms with van der Waals surface area (Å²) in [6.07, 6.45) is 11.8. The minimum absolute atomic E-state index is 0.0470. The molecule has 4 nitrogen and oxygen atoms in total. The molecule has 47 heavy (non-hydrogen) atoms. The Morgan fingerprint density at radius 1 is 0.851 bits per heavy atom. The summed E-state index contributed by atoms with van der Waals surface area (Å²) < 4.78 is 41.6. The lowest BCUT2D eigenvalue weighted by atomic mass is 9.49. The molecule has 3 unspecified atom stereocenters. The number of fused-ring (bicyclic) bond motifs is 5. The van der Waals surface area contributed by atoms with Gasteiger partial charge < -0.3 is 8.85 Å². The van der Waals surface area contributed by atoms with Crippen molar-refractivity contribution < 1.29 is 17.3 Å². The van der Waals surface area contributed by atoms with E-state index in [1.807, 2.05) is 18.2 Å². The van der Waals surface area contributed by atoms with Crippen molar-refractivity contribution in [3.63, 3.8) is 0 Å². The molecule has 3 fully saturated rings. The Morgan fingerprint density at radius 3 is 2.04 bits per heavy atom. The van der Waals surface area contributed by atoms with E-state index in [0.29, 0.717) is 22.6 Å². The number of benzene rings is 1. The largest absolute Gasteiger partial charge is 0.414 e. The van der Waals surface area contributed by atoms with Gasteiger partial charge in [-0.3, -0.25) is 0 Å². The molecule has 0 N–H and O–H groups in total. The van der Waals surface area contributed by atoms with Crippen LogP contribution in [0.3, 0.4) is 0 Å². The van der Waals surface area contributed by atoms with Crippen molar-refractivity contribution in [2.45, 2.75) is 154 Å². The van der Waals surface area contributed by atoms with Gasteiger partial charge in [0.1, 0.15) is 0 Å². The fraction of sp³-hybridized carbons (Fsp3) is 0.750. The normalized spacial score (nSPS) is 34.1. The van der Waals surface area contributed by atoms with E-state index in [1.54, 1.807) is 17.7 Å². The average molecular weight is 699 g/mol. The molecule has 0 radical (unpaired) electrons. The molecular formula is C40H66O4SSi2. The van der Waals surface area contributed by atoms with Crippen LogP contribution in [0.25, 0.3) is 0 Å². The van der Waals surface area contributed by atoms with Gasteiger partial charge in [-0.15, -0.1) is 0 Å². The highest BCUT2D eigenvalue weighted by molar-refractivity contribution is 7.91. The lowest BCUT2D eigenvalue weighted by Gasteiger charge is -2.59. The first-order chi connectivity index (χ1) is 21.4. The maximum Gasteiger partial charge on any atom is 0.192 e. The van der Waals surface area contributed by atoms with Gasteiger partial charge in [0, 0.05) is 5.41 Å². The molecule has 0 aliphatic heterocycles. The first-order valence-corrected chi connectivity index (χ1v) is 26.0. The summed E-state index contributed by atoms with van der Waals surface area (Å²) in [7, 11) is -7.33. The molecule has 4 aliphatic rings. The van der Waals surface area contributed by atoms with Crippen LogP contribution in [0.2, 0.25) is 36.3 Å². The molecule has 0 saturated heterocycles. The van der Waals surface area contributed by atoms with Gasteiger partial charge in [-0.25, -0.2) is 8.42 Å². The highest BCUT2D eigenvalue weighted by Gasteiger charge is 2.61. The maximum absolute atomic E-state index is 13.4. The summed E-state index contributed by atoms with van der Waals surface area (Å²) in [5.74, 6) is 1.71. The Hall–Kier alpha value is -0.996. The minimum atomic E-state index is -3.32. The SMILES string of the molecule is CC(CS(=O)(=O)c1ccccc1)[C@H]1CC[C@H]2C3=CC=C4CC(O[Si](C)(C)C(C)(C)C)CC(O[Si](C)(C)C(C)(C)C)[C@]4(C)[C@H]3CC[C@]12C. The first kappa shape index (κ1) is 37.3. The van der Waals surface area contributed by atoms with Crippen molar-refractivity contribution in [3.8, 4) is 0 Å². The zero-order chi connectivity index (χ0) is 35.0. The highest BCUT2D eigenvalue weighted by Crippen LogP contribution is 2.67. The van der Waals surface area contributed by atoms with E-state index in [2.05, 4.69) is 101 Å². The molecule has 8 atom stereocenters. The van der Waals surface area contributed by atoms with Crippen LogP contribution >= 0.6 is 0 Å². The lowest BCUT2D eigenvalue weighted by molar-refractivity contribution is -0.0445. The van der Waals surface area contributed by atoms with Gasteiger partial charge in [0.15, 0.2) is 26.5 Å². The van der Waals surface area contributed by atoms with Gasteiger partial charge in [-0.2, -0.15) is 0 Å². The number of rotatable bonds is 8. The Balaban J connectivity index is 1.46. The van der Waals surface area contributed by atoms with Crippen LogP contribution in [-0.2, 0) is 18.7 Å². The molecule has 264 valence electrons. The number of hydrogen-bond donors (Lipinski definition) is 0. The van der Waals surface area contributed by atoms with Crippen LogP contribution in [0.5, 0.6) is 0 Å². The van der Waals surface area contributed by atoms with Crippen LogP contribution in [0.1, 0.15) is 101 Å². The fourth-order valence-electron chi connectivity index (χ4n) is 9.55. The van der Waals surface area contributed by atoms with Crippen LogP contribution in [0, 0.1) is 34.5 Å². The third-order valence-electron chi connectivity index (χ3n) is 14.5. The molecule has 0 spiro atoms. The van der Waals surface area contributed by atoms with Crippen molar-refractivity contribution in [1.29, 1.82) is 0 Å². The van der Waals surface area contributed by atoms with E-state index in [4.69, 9.17) is 8.85 Å². The van der Waals surface area contributed by atoms with E-state index < -0.39 is 26.5 Å². The van der Waals surface area contributed by atoms with Gasteiger partial charge >= 0.3 is 0 Å². The molecule has 4 aliphatic carbocycles. The summed E-state index contributed by atoms with van der Waals surface area (Å²) in [5, 5.41) is 0.301. The lowest BCUT2D eigenvalue weighted by Crippen LogP contribution is -2.58. The third-order valence-corrected chi connectivity index (χ3v) is 25.4. The summed E-state index contributed by atoms with van der Waals surface area (Å²) in [6, 6.07) is 9.05. The second-order valence-electron chi connectivity index (χ2n) is 19.4. The summed E-state index contributed by atoms with van der Waals surface area (Å²) in [6.45, 7) is 31.0. The zero-order valence-corrected chi connectivity index (χ0v) is 34.8. The fourth-order valence-corrected chi connectivity index (χ4v) is 14.0. The summed E-state index contributed by atoms with van der Waals surface area (Å²) in [5.41, 5.74) is 3.23. The van der Waals surface area contributed by atoms with Crippen LogP contribution in [-0.4, -0.2) is 43.0 Å². The van der Waals surface area contributed by atoms with E-state index >= 15 is 0 Å². The number of hydrogen-bond acceptors (Lipinski definition) is 4. The predicted octanol–water partition coefficient (Wildman–Crippen LogP) is 11.0. The molecule has 0 aromatic heterocycles. The second kappa shape index (κ2) is 12.3. The van der Waals surface area contributed by atoms with Gasteiger partial charge in [0.25, 0.3) is 0 Å². The molecule has 3 saturated carbocycles. The summed E-state index contributed by atoms with van der Waals surface area (Å²) in [4.78, 5) is 0.455. The molecule has 7 heteroatoms. The Morgan fingerprint density at radius 2 is 1.45 bits per heavy atom. The minimum Gasteiger partial charge on any atom is -0.414 e. The Bertz CT molecular complexity index is 1480. The molecule has 1 aromatic carbocycles. The molecular weight excluding hydrogens is 633 g/mol. The van der Waals surface area contributed by atoms with Crippen molar-refractivity contribution in [2.24, 2.45) is 34.5 Å². The molecule has 5 rings (SSSR count). The van der Waals surface area contributed by atoms with E-state index in [-0.39, 0.29) is 44.8 Å². The van der Waals surface area contributed by atoms with Crippen molar-refractivity contribution in [2.75, 3.05) is 5.75 Å². The van der Waals surface area contributed by atoms with E-state index in [9.17, 15) is 8.42 Å². The van der Waals surface area contributed by atoms with Gasteiger partial charge in [0.2, 0.25) is 0 Å². The third kappa shape index (κ3) is 6.63. The van der Waals surface area contributed by atoms with Crippen molar-refractivity contribution in [1.82, 2.24) is 0 Å². The topological polar surface area (TPSA) is 52.6 Å². The Kier molecular flexibility index (Phi) is 9.79. The highest BCUT2D eigenvalue weighted by atomic mass is 32.2. The summed E-state index contributed by atoms with van der Waals surface area (Å²) >= 11 is 0. The maximum atomic E-state index is 13.4. The number of allylic oxidation sites excluding steroid dienone is 3. The number of sulfone groups is 1. The average Bonchev–Trinajstić information content (AvgIpc) is 3.30. The van der Waals surface area contributed by atoms with E-state index in [0.717, 1.165) is 38.5 Å². The quantitative estimate of drug-likeness (QED) is 0.254. The van der Waals surface area contributed by atoms with Crippen LogP contribution < -0.4 is 0 Å². The van der Waals surface area contributed by atoms with E-state index in [1.165, 1.54) is 5.57 Å². The Labute approximate surface area is 290 Å². The van der Waals surface area contributed by atoms with Crippen LogP contribution in [0.4, 0.5) is 0 Å². The second-order valence-corrected chi connectivity index (χ2v) is 30.9. The standard InChI is InChI=1S/C40H66O4SSi2/c1-28(27-45(41,42)31-17-15-14-16-18-31)33-21-22-34-32-20-19-29-25-30(43-46(10,11)37(2,3)4)26-36(44-47(12,13)38(5,6)7)40(29,9)35(32)23-24-39(33,34)8/h14-20,28,30,33-36H,21-27H2,1-13H3/t28?,30?,33-,34+,35+,36?,39-,40+/m1/s1. The van der Waals surface area contributed by atoms with Gasteiger partial charge in [-0.05, 0) is 116 Å². The van der Waals surface area contributed by atoms with Crippen molar-refractivity contribution in [3.05, 3.63) is 53.6 Å². The smallest absolute Gasteiger partial charge is 0.192 e. The molecule has 0 amide bonds. The molecule has 0 heterocycles.